The number of nitrogens with one attached hydrogen (secondary N) is 1. The second-order valence-corrected chi connectivity index (χ2v) is 7.64. The molecule has 4 nitrogen and oxygen atoms in total. The normalized spacial score (nSPS) is 16.0. The molecule has 0 bridgehead atoms. The van der Waals surface area contributed by atoms with Crippen LogP contribution in [0.15, 0.2) is 17.0 Å². The number of halogens is 2. The molecule has 0 aliphatic heterocycles. The highest BCUT2D eigenvalue weighted by Gasteiger charge is 2.37. The van der Waals surface area contributed by atoms with E-state index in [1.54, 1.807) is 0 Å². The van der Waals surface area contributed by atoms with Gasteiger partial charge in [0.05, 0.1) is 0 Å². The summed E-state index contributed by atoms with van der Waals surface area (Å²) in [6, 6.07) is 2.30. The Balaban J connectivity index is 2.37. The largest absolute Gasteiger partial charge is 0.310 e. The van der Waals surface area contributed by atoms with E-state index in [1.807, 2.05) is 13.8 Å². The summed E-state index contributed by atoms with van der Waals surface area (Å²) in [5.74, 6) is -2.45. The molecule has 1 fully saturated rings. The van der Waals surface area contributed by atoms with Crippen LogP contribution < -0.4 is 5.32 Å². The molecule has 118 valence electrons. The van der Waals surface area contributed by atoms with Crippen LogP contribution in [-0.4, -0.2) is 31.9 Å². The van der Waals surface area contributed by atoms with E-state index >= 15 is 0 Å². The van der Waals surface area contributed by atoms with Crippen LogP contribution in [0, 0.1) is 11.6 Å². The molecule has 0 amide bonds. The number of hydrogen-bond acceptors (Lipinski definition) is 3. The number of nitrogens with zero attached hydrogens (tertiary/aromatic N) is 1. The predicted octanol–water partition coefficient (Wildman–Crippen LogP) is 2.25. The van der Waals surface area contributed by atoms with Crippen LogP contribution in [0.4, 0.5) is 8.78 Å². The predicted molar refractivity (Wildman–Crippen MR) is 76.3 cm³/mol. The lowest BCUT2D eigenvalue weighted by Crippen LogP contribution is -2.30. The van der Waals surface area contributed by atoms with Gasteiger partial charge in [-0.3, -0.25) is 0 Å². The van der Waals surface area contributed by atoms with Crippen molar-refractivity contribution in [1.29, 1.82) is 0 Å². The Bertz CT molecular complexity index is 628. The van der Waals surface area contributed by atoms with Crippen LogP contribution in [-0.2, 0) is 16.6 Å². The average Bonchev–Trinajstić information content (AvgIpc) is 3.23. The molecule has 1 N–H and O–H groups in total. The summed E-state index contributed by atoms with van der Waals surface area (Å²) in [7, 11) is -2.59. The minimum Gasteiger partial charge on any atom is -0.310 e. The second kappa shape index (κ2) is 5.98. The van der Waals surface area contributed by atoms with Crippen molar-refractivity contribution >= 4 is 10.0 Å². The molecular formula is C14H20F2N2O2S. The van der Waals surface area contributed by atoms with E-state index in [9.17, 15) is 17.2 Å². The molecule has 0 atom stereocenters. The summed E-state index contributed by atoms with van der Waals surface area (Å²) >= 11 is 0. The van der Waals surface area contributed by atoms with E-state index < -0.39 is 26.6 Å². The zero-order valence-corrected chi connectivity index (χ0v) is 13.2. The Kier molecular flexibility index (Phi) is 4.65. The van der Waals surface area contributed by atoms with Crippen molar-refractivity contribution < 1.29 is 17.2 Å². The first-order valence-corrected chi connectivity index (χ1v) is 8.37. The fourth-order valence-electron chi connectivity index (χ4n) is 2.02. The third-order valence-electron chi connectivity index (χ3n) is 3.49. The summed E-state index contributed by atoms with van der Waals surface area (Å²) in [5, 5.41) is 3.05. The molecule has 0 spiro atoms. The highest BCUT2D eigenvalue weighted by atomic mass is 32.2. The molecule has 1 saturated carbocycles. The Labute approximate surface area is 124 Å². The van der Waals surface area contributed by atoms with Crippen molar-refractivity contribution in [3.8, 4) is 0 Å². The quantitative estimate of drug-likeness (QED) is 0.875. The Morgan fingerprint density at radius 2 is 1.95 bits per heavy atom. The van der Waals surface area contributed by atoms with Gasteiger partial charge >= 0.3 is 0 Å². The van der Waals surface area contributed by atoms with Crippen molar-refractivity contribution in [2.75, 3.05) is 7.05 Å². The Morgan fingerprint density at radius 1 is 1.33 bits per heavy atom. The fraction of sp³-hybridized carbons (Fsp3) is 0.571. The van der Waals surface area contributed by atoms with E-state index in [4.69, 9.17) is 0 Å². The molecule has 0 unspecified atom stereocenters. The van der Waals surface area contributed by atoms with Crippen LogP contribution in [0.25, 0.3) is 0 Å². The van der Waals surface area contributed by atoms with Gasteiger partial charge in [-0.05, 0) is 30.5 Å². The molecule has 1 aliphatic rings. The maximum absolute atomic E-state index is 13.9. The van der Waals surface area contributed by atoms with E-state index in [0.29, 0.717) is 5.56 Å². The van der Waals surface area contributed by atoms with Crippen molar-refractivity contribution in [3.05, 3.63) is 29.3 Å². The Hall–Kier alpha value is -1.05. The van der Waals surface area contributed by atoms with E-state index in [0.717, 1.165) is 23.2 Å². The highest BCUT2D eigenvalue weighted by molar-refractivity contribution is 7.89. The van der Waals surface area contributed by atoms with Crippen molar-refractivity contribution in [2.24, 2.45) is 0 Å². The van der Waals surface area contributed by atoms with Crippen molar-refractivity contribution in [3.63, 3.8) is 0 Å². The summed E-state index contributed by atoms with van der Waals surface area (Å²) < 4.78 is 53.5. The van der Waals surface area contributed by atoms with Crippen molar-refractivity contribution in [1.82, 2.24) is 9.62 Å². The average molecular weight is 318 g/mol. The molecule has 0 saturated heterocycles. The van der Waals surface area contributed by atoms with Crippen molar-refractivity contribution in [2.45, 2.75) is 50.2 Å². The van der Waals surface area contributed by atoms with Gasteiger partial charge in [-0.1, -0.05) is 13.8 Å². The van der Waals surface area contributed by atoms with Gasteiger partial charge in [0.1, 0.15) is 4.90 Å². The van der Waals surface area contributed by atoms with Gasteiger partial charge in [-0.15, -0.1) is 0 Å². The molecule has 0 heterocycles. The van der Waals surface area contributed by atoms with Gasteiger partial charge in [0.15, 0.2) is 11.6 Å². The molecule has 1 aromatic rings. The van der Waals surface area contributed by atoms with Crippen LogP contribution in [0.3, 0.4) is 0 Å². The smallest absolute Gasteiger partial charge is 0.246 e. The first-order chi connectivity index (χ1) is 9.73. The van der Waals surface area contributed by atoms with Gasteiger partial charge in [0.25, 0.3) is 0 Å². The van der Waals surface area contributed by atoms with Crippen LogP contribution in [0.2, 0.25) is 0 Å². The highest BCUT2D eigenvalue weighted by Crippen LogP contribution is 2.32. The topological polar surface area (TPSA) is 49.4 Å². The lowest BCUT2D eigenvalue weighted by Gasteiger charge is -2.18. The van der Waals surface area contributed by atoms with Gasteiger partial charge in [-0.25, -0.2) is 17.2 Å². The summed E-state index contributed by atoms with van der Waals surface area (Å²) in [4.78, 5) is -0.586. The lowest BCUT2D eigenvalue weighted by atomic mass is 10.2. The second-order valence-electron chi connectivity index (χ2n) is 5.68. The maximum Gasteiger partial charge on any atom is 0.246 e. The molecule has 2 rings (SSSR count). The van der Waals surface area contributed by atoms with Gasteiger partial charge in [-0.2, -0.15) is 4.31 Å². The number of hydrogen-bond donors (Lipinski definition) is 1. The molecule has 1 aromatic carbocycles. The first-order valence-electron chi connectivity index (χ1n) is 6.93. The summed E-state index contributed by atoms with van der Waals surface area (Å²) in [6.45, 7) is 4.11. The maximum atomic E-state index is 13.9. The van der Waals surface area contributed by atoms with Gasteiger partial charge in [0, 0.05) is 25.7 Å². The monoisotopic (exact) mass is 318 g/mol. The molecule has 0 radical (unpaired) electrons. The molecule has 1 aliphatic carbocycles. The van der Waals surface area contributed by atoms with Gasteiger partial charge < -0.3 is 5.32 Å². The third-order valence-corrected chi connectivity index (χ3v) is 5.40. The molecule has 21 heavy (non-hydrogen) atoms. The lowest BCUT2D eigenvalue weighted by molar-refractivity contribution is 0.444. The fourth-order valence-corrected chi connectivity index (χ4v) is 3.56. The summed E-state index contributed by atoms with van der Waals surface area (Å²) in [5.41, 5.74) is 0.408. The van der Waals surface area contributed by atoms with Crippen LogP contribution >= 0.6 is 0 Å². The first kappa shape index (κ1) is 16.3. The SMILES string of the molecule is CC(C)NCc1cc(F)c(F)c(S(=O)(=O)N(C)C2CC2)c1. The minimum absolute atomic E-state index is 0.102. The van der Waals surface area contributed by atoms with E-state index in [1.165, 1.54) is 13.1 Å². The van der Waals surface area contributed by atoms with E-state index in [-0.39, 0.29) is 18.6 Å². The molecular weight excluding hydrogens is 298 g/mol. The van der Waals surface area contributed by atoms with Crippen LogP contribution in [0.1, 0.15) is 32.3 Å². The summed E-state index contributed by atoms with van der Waals surface area (Å²) in [6.07, 6.45) is 1.52. The van der Waals surface area contributed by atoms with E-state index in [2.05, 4.69) is 5.32 Å². The number of sulfonamides is 1. The minimum atomic E-state index is -4.00. The number of rotatable bonds is 6. The zero-order valence-electron chi connectivity index (χ0n) is 12.4. The number of benzene rings is 1. The standard InChI is InChI=1S/C14H20F2N2O2S/c1-9(2)17-8-10-6-12(15)14(16)13(7-10)21(19,20)18(3)11-4-5-11/h6-7,9,11,17H,4-5,8H2,1-3H3. The Morgan fingerprint density at radius 3 is 2.48 bits per heavy atom. The van der Waals surface area contributed by atoms with Gasteiger partial charge in [0.2, 0.25) is 10.0 Å². The van der Waals surface area contributed by atoms with Crippen LogP contribution in [0.5, 0.6) is 0 Å². The zero-order chi connectivity index (χ0) is 15.8. The third kappa shape index (κ3) is 3.59. The molecule has 7 heteroatoms. The molecule has 0 aromatic heterocycles.